The number of rotatable bonds is 7. The van der Waals surface area contributed by atoms with Gasteiger partial charge in [-0.2, -0.15) is 10.2 Å². The van der Waals surface area contributed by atoms with Crippen molar-refractivity contribution in [2.24, 2.45) is 5.73 Å². The molecule has 8 heteroatoms. The van der Waals surface area contributed by atoms with Gasteiger partial charge in [-0.25, -0.2) is 15.0 Å². The molecule has 3 rings (SSSR count). The van der Waals surface area contributed by atoms with Gasteiger partial charge in [-0.1, -0.05) is 0 Å². The zero-order valence-electron chi connectivity index (χ0n) is 16.8. The number of ether oxygens (including phenoxy) is 1. The lowest BCUT2D eigenvalue weighted by molar-refractivity contribution is 0.460. The molecule has 0 aliphatic heterocycles. The highest BCUT2D eigenvalue weighted by atomic mass is 16.5. The molecule has 0 amide bonds. The van der Waals surface area contributed by atoms with Crippen molar-refractivity contribution >= 4 is 5.82 Å². The summed E-state index contributed by atoms with van der Waals surface area (Å²) in [7, 11) is 0. The predicted molar refractivity (Wildman–Crippen MR) is 110 cm³/mol. The van der Waals surface area contributed by atoms with E-state index in [1.54, 1.807) is 36.7 Å². The van der Waals surface area contributed by atoms with E-state index in [0.717, 1.165) is 24.5 Å². The summed E-state index contributed by atoms with van der Waals surface area (Å²) in [6.45, 7) is 7.97. The Balaban J connectivity index is 2.03. The SMILES string of the molecule is CCN(CC)c1cc(Oc2cc(C#N)ccc2-c2ncc(CN)cn2)nc(C)n1. The number of benzene rings is 1. The maximum absolute atomic E-state index is 9.30. The van der Waals surface area contributed by atoms with Crippen LogP contribution in [0.4, 0.5) is 5.82 Å². The molecule has 0 bridgehead atoms. The van der Waals surface area contributed by atoms with Crippen LogP contribution >= 0.6 is 0 Å². The van der Waals surface area contributed by atoms with E-state index in [1.165, 1.54) is 0 Å². The lowest BCUT2D eigenvalue weighted by Crippen LogP contribution is -2.23. The normalized spacial score (nSPS) is 10.4. The Labute approximate surface area is 170 Å². The Bertz CT molecular complexity index is 1020. The number of aryl methyl sites for hydroxylation is 1. The maximum atomic E-state index is 9.30. The van der Waals surface area contributed by atoms with E-state index in [9.17, 15) is 5.26 Å². The Morgan fingerprint density at radius 1 is 1.10 bits per heavy atom. The third-order valence-electron chi connectivity index (χ3n) is 4.40. The Hall–Kier alpha value is -3.57. The van der Waals surface area contributed by atoms with Gasteiger partial charge in [0.2, 0.25) is 5.88 Å². The van der Waals surface area contributed by atoms with E-state index >= 15 is 0 Å². The third kappa shape index (κ3) is 4.65. The molecule has 0 aliphatic carbocycles. The van der Waals surface area contributed by atoms with Gasteiger partial charge in [-0.3, -0.25) is 0 Å². The van der Waals surface area contributed by atoms with Crippen molar-refractivity contribution in [1.29, 1.82) is 5.26 Å². The molecule has 0 aliphatic rings. The number of hydrogen-bond acceptors (Lipinski definition) is 8. The van der Waals surface area contributed by atoms with Gasteiger partial charge < -0.3 is 15.4 Å². The van der Waals surface area contributed by atoms with Crippen molar-refractivity contribution in [3.05, 3.63) is 53.6 Å². The number of hydrogen-bond donors (Lipinski definition) is 1. The Kier molecular flexibility index (Phi) is 6.32. The van der Waals surface area contributed by atoms with Crippen LogP contribution < -0.4 is 15.4 Å². The minimum Gasteiger partial charge on any atom is -0.438 e. The second-order valence-electron chi connectivity index (χ2n) is 6.33. The van der Waals surface area contributed by atoms with Crippen LogP contribution in [0.15, 0.2) is 36.7 Å². The quantitative estimate of drug-likeness (QED) is 0.655. The van der Waals surface area contributed by atoms with E-state index in [4.69, 9.17) is 10.5 Å². The molecule has 2 aromatic heterocycles. The zero-order valence-corrected chi connectivity index (χ0v) is 16.8. The van der Waals surface area contributed by atoms with E-state index < -0.39 is 0 Å². The summed E-state index contributed by atoms with van der Waals surface area (Å²) in [4.78, 5) is 19.8. The van der Waals surface area contributed by atoms with Crippen molar-refractivity contribution in [2.45, 2.75) is 27.3 Å². The van der Waals surface area contributed by atoms with Gasteiger partial charge in [0.1, 0.15) is 17.4 Å². The first kappa shape index (κ1) is 20.2. The standard InChI is InChI=1S/C21H23N7O/c1-4-28(5-2)19-9-20(27-14(3)26-19)29-18-8-15(10-22)6-7-17(18)21-24-12-16(11-23)13-25-21/h6-9,12-13H,4-5,11,23H2,1-3H3. The molecule has 0 atom stereocenters. The number of nitrogens with two attached hydrogens (primary N) is 1. The topological polar surface area (TPSA) is 114 Å². The van der Waals surface area contributed by atoms with E-state index in [1.807, 2.05) is 6.92 Å². The minimum atomic E-state index is 0.366. The number of nitriles is 1. The van der Waals surface area contributed by atoms with Crippen LogP contribution in [-0.2, 0) is 6.54 Å². The molecule has 0 saturated heterocycles. The summed E-state index contributed by atoms with van der Waals surface area (Å²) in [5, 5.41) is 9.30. The molecule has 29 heavy (non-hydrogen) atoms. The maximum Gasteiger partial charge on any atom is 0.224 e. The summed E-state index contributed by atoms with van der Waals surface area (Å²) in [6, 6.07) is 9.05. The van der Waals surface area contributed by atoms with E-state index in [0.29, 0.717) is 40.9 Å². The van der Waals surface area contributed by atoms with Gasteiger partial charge in [0.05, 0.1) is 17.2 Å². The van der Waals surface area contributed by atoms with Crippen LogP contribution in [0.3, 0.4) is 0 Å². The molecule has 8 nitrogen and oxygen atoms in total. The number of anilines is 1. The predicted octanol–water partition coefficient (Wildman–Crippen LogP) is 3.21. The van der Waals surface area contributed by atoms with Gasteiger partial charge in [0.25, 0.3) is 0 Å². The number of nitrogens with zero attached hydrogens (tertiary/aromatic N) is 6. The lowest BCUT2D eigenvalue weighted by Gasteiger charge is -2.20. The highest BCUT2D eigenvalue weighted by Gasteiger charge is 2.14. The van der Waals surface area contributed by atoms with Gasteiger partial charge in [-0.15, -0.1) is 0 Å². The van der Waals surface area contributed by atoms with Gasteiger partial charge in [0, 0.05) is 43.7 Å². The summed E-state index contributed by atoms with van der Waals surface area (Å²) in [5.41, 5.74) is 7.59. The first-order valence-corrected chi connectivity index (χ1v) is 9.41. The summed E-state index contributed by atoms with van der Waals surface area (Å²) < 4.78 is 6.09. The van der Waals surface area contributed by atoms with Crippen molar-refractivity contribution in [1.82, 2.24) is 19.9 Å². The summed E-state index contributed by atoms with van der Waals surface area (Å²) >= 11 is 0. The fourth-order valence-corrected chi connectivity index (χ4v) is 2.86. The number of aromatic nitrogens is 4. The zero-order chi connectivity index (χ0) is 20.8. The molecule has 0 spiro atoms. The minimum absolute atomic E-state index is 0.366. The monoisotopic (exact) mass is 389 g/mol. The van der Waals surface area contributed by atoms with Crippen molar-refractivity contribution in [2.75, 3.05) is 18.0 Å². The Morgan fingerprint density at radius 3 is 2.45 bits per heavy atom. The highest BCUT2D eigenvalue weighted by molar-refractivity contribution is 5.66. The van der Waals surface area contributed by atoms with Crippen LogP contribution in [0.2, 0.25) is 0 Å². The highest BCUT2D eigenvalue weighted by Crippen LogP contribution is 2.32. The lowest BCUT2D eigenvalue weighted by atomic mass is 10.1. The largest absolute Gasteiger partial charge is 0.438 e. The Morgan fingerprint density at radius 2 is 1.83 bits per heavy atom. The molecule has 0 saturated carbocycles. The smallest absolute Gasteiger partial charge is 0.224 e. The fourth-order valence-electron chi connectivity index (χ4n) is 2.86. The molecule has 2 heterocycles. The summed E-state index contributed by atoms with van der Waals surface area (Å²) in [5.74, 6) is 2.73. The van der Waals surface area contributed by atoms with Crippen LogP contribution in [-0.4, -0.2) is 33.0 Å². The first-order chi connectivity index (χ1) is 14.1. The second-order valence-corrected chi connectivity index (χ2v) is 6.33. The van der Waals surface area contributed by atoms with Crippen LogP contribution in [0.1, 0.15) is 30.8 Å². The molecule has 2 N–H and O–H groups in total. The van der Waals surface area contributed by atoms with Crippen LogP contribution in [0.5, 0.6) is 11.6 Å². The molecule has 0 unspecified atom stereocenters. The van der Waals surface area contributed by atoms with Crippen molar-refractivity contribution in [3.8, 4) is 29.1 Å². The van der Waals surface area contributed by atoms with E-state index in [-0.39, 0.29) is 0 Å². The van der Waals surface area contributed by atoms with Crippen molar-refractivity contribution < 1.29 is 4.74 Å². The second kappa shape index (κ2) is 9.08. The van der Waals surface area contributed by atoms with Gasteiger partial charge in [-0.05, 0) is 39.0 Å². The summed E-state index contributed by atoms with van der Waals surface area (Å²) in [6.07, 6.45) is 3.36. The third-order valence-corrected chi connectivity index (χ3v) is 4.40. The first-order valence-electron chi connectivity index (χ1n) is 9.41. The van der Waals surface area contributed by atoms with Crippen LogP contribution in [0, 0.1) is 18.3 Å². The molecule has 3 aromatic rings. The van der Waals surface area contributed by atoms with Gasteiger partial charge in [0.15, 0.2) is 5.82 Å². The molecule has 0 fully saturated rings. The molecule has 0 radical (unpaired) electrons. The van der Waals surface area contributed by atoms with E-state index in [2.05, 4.69) is 44.8 Å². The average molecular weight is 389 g/mol. The molecular formula is C21H23N7O. The fraction of sp³-hybridized carbons (Fsp3) is 0.286. The molecule has 1 aromatic carbocycles. The van der Waals surface area contributed by atoms with Gasteiger partial charge >= 0.3 is 0 Å². The van der Waals surface area contributed by atoms with Crippen molar-refractivity contribution in [3.63, 3.8) is 0 Å². The molecular weight excluding hydrogens is 366 g/mol. The van der Waals surface area contributed by atoms with Crippen LogP contribution in [0.25, 0.3) is 11.4 Å². The average Bonchev–Trinajstić information content (AvgIpc) is 2.74. The molecule has 148 valence electrons.